The van der Waals surface area contributed by atoms with E-state index in [0.717, 1.165) is 0 Å². The van der Waals surface area contributed by atoms with E-state index in [1.54, 1.807) is 24.3 Å². The molecule has 7 heteroatoms. The van der Waals surface area contributed by atoms with Crippen molar-refractivity contribution in [3.8, 4) is 0 Å². The summed E-state index contributed by atoms with van der Waals surface area (Å²) in [6, 6.07) is 6.89. The zero-order valence-electron chi connectivity index (χ0n) is 11.2. The number of carbonyl (C=O) groups excluding carboxylic acids is 1. The number of fused-ring (bicyclic) bond motifs is 1. The fourth-order valence-electron chi connectivity index (χ4n) is 3.04. The maximum atomic E-state index is 12.5. The summed E-state index contributed by atoms with van der Waals surface area (Å²) >= 11 is 0. The highest BCUT2D eigenvalue weighted by Gasteiger charge is 2.41. The van der Waals surface area contributed by atoms with Crippen LogP contribution in [-0.2, 0) is 19.4 Å². The standard InChI is InChI=1S/C14H15NO5S/c16-13(9-5-6-21(19,20)8-9)15-7-11(14(17)18)10-3-1-2-4-12(10)15/h1-4,9,11H,5-8H2,(H,17,18). The summed E-state index contributed by atoms with van der Waals surface area (Å²) in [6.07, 6.45) is 0.317. The van der Waals surface area contributed by atoms with E-state index in [1.165, 1.54) is 4.90 Å². The predicted octanol–water partition coefficient (Wildman–Crippen LogP) is 0.636. The van der Waals surface area contributed by atoms with Gasteiger partial charge in [0.15, 0.2) is 9.84 Å². The van der Waals surface area contributed by atoms with Gasteiger partial charge in [0.2, 0.25) is 5.91 Å². The third-order valence-corrected chi connectivity index (χ3v) is 5.88. The van der Waals surface area contributed by atoms with Gasteiger partial charge in [0.1, 0.15) is 5.92 Å². The molecule has 1 aromatic rings. The van der Waals surface area contributed by atoms with Crippen LogP contribution in [-0.4, -0.2) is 43.5 Å². The second-order valence-electron chi connectivity index (χ2n) is 5.50. The topological polar surface area (TPSA) is 91.8 Å². The summed E-state index contributed by atoms with van der Waals surface area (Å²) in [5, 5.41) is 9.27. The number of carbonyl (C=O) groups is 2. The maximum Gasteiger partial charge on any atom is 0.312 e. The molecule has 0 aromatic heterocycles. The fraction of sp³-hybridized carbons (Fsp3) is 0.429. The van der Waals surface area contributed by atoms with Crippen LogP contribution in [0.4, 0.5) is 5.69 Å². The molecule has 0 saturated carbocycles. The van der Waals surface area contributed by atoms with Gasteiger partial charge in [-0.25, -0.2) is 8.42 Å². The Bertz CT molecular complexity index is 712. The summed E-state index contributed by atoms with van der Waals surface area (Å²) < 4.78 is 23.0. The lowest BCUT2D eigenvalue weighted by atomic mass is 10.0. The fourth-order valence-corrected chi connectivity index (χ4v) is 4.77. The molecule has 0 aliphatic carbocycles. The molecule has 2 unspecified atom stereocenters. The lowest BCUT2D eigenvalue weighted by Crippen LogP contribution is -2.36. The summed E-state index contributed by atoms with van der Waals surface area (Å²) in [5.74, 6) is -2.67. The van der Waals surface area contributed by atoms with E-state index < -0.39 is 27.6 Å². The second-order valence-corrected chi connectivity index (χ2v) is 7.73. The van der Waals surface area contributed by atoms with Crippen LogP contribution in [0.3, 0.4) is 0 Å². The number of hydrogen-bond acceptors (Lipinski definition) is 4. The van der Waals surface area contributed by atoms with Crippen LogP contribution in [0.2, 0.25) is 0 Å². The van der Waals surface area contributed by atoms with E-state index in [-0.39, 0.29) is 24.0 Å². The Kier molecular flexibility index (Phi) is 3.24. The van der Waals surface area contributed by atoms with Crippen LogP contribution in [0.25, 0.3) is 0 Å². The van der Waals surface area contributed by atoms with E-state index in [0.29, 0.717) is 17.7 Å². The lowest BCUT2D eigenvalue weighted by Gasteiger charge is -2.20. The van der Waals surface area contributed by atoms with Gasteiger partial charge < -0.3 is 10.0 Å². The van der Waals surface area contributed by atoms with Crippen LogP contribution in [0, 0.1) is 5.92 Å². The van der Waals surface area contributed by atoms with Gasteiger partial charge in [-0.3, -0.25) is 9.59 Å². The Morgan fingerprint density at radius 3 is 2.57 bits per heavy atom. The molecule has 2 heterocycles. The first kappa shape index (κ1) is 14.1. The summed E-state index contributed by atoms with van der Waals surface area (Å²) in [4.78, 5) is 25.3. The molecular formula is C14H15NO5S. The number of para-hydroxylation sites is 1. The van der Waals surface area contributed by atoms with Gasteiger partial charge in [0.25, 0.3) is 0 Å². The largest absolute Gasteiger partial charge is 0.481 e. The predicted molar refractivity (Wildman–Crippen MR) is 75.9 cm³/mol. The monoisotopic (exact) mass is 309 g/mol. The van der Waals surface area contributed by atoms with Crippen molar-refractivity contribution in [3.05, 3.63) is 29.8 Å². The van der Waals surface area contributed by atoms with Crippen LogP contribution < -0.4 is 4.90 Å². The molecular weight excluding hydrogens is 294 g/mol. The highest BCUT2D eigenvalue weighted by Crippen LogP contribution is 2.38. The minimum absolute atomic E-state index is 0.0290. The van der Waals surface area contributed by atoms with Crippen LogP contribution in [0.5, 0.6) is 0 Å². The number of benzene rings is 1. The van der Waals surface area contributed by atoms with Gasteiger partial charge >= 0.3 is 5.97 Å². The van der Waals surface area contributed by atoms with Gasteiger partial charge in [0, 0.05) is 12.2 Å². The van der Waals surface area contributed by atoms with Crippen molar-refractivity contribution in [2.24, 2.45) is 5.92 Å². The molecule has 1 amide bonds. The molecule has 112 valence electrons. The van der Waals surface area contributed by atoms with Gasteiger partial charge in [-0.05, 0) is 18.1 Å². The molecule has 2 atom stereocenters. The summed E-state index contributed by atoms with van der Waals surface area (Å²) in [7, 11) is -3.14. The number of hydrogen-bond donors (Lipinski definition) is 1. The molecule has 1 N–H and O–H groups in total. The minimum atomic E-state index is -3.14. The summed E-state index contributed by atoms with van der Waals surface area (Å²) in [5.41, 5.74) is 1.19. The quantitative estimate of drug-likeness (QED) is 0.865. The highest BCUT2D eigenvalue weighted by atomic mass is 32.2. The number of sulfone groups is 1. The van der Waals surface area contributed by atoms with Crippen molar-refractivity contribution < 1.29 is 23.1 Å². The molecule has 0 radical (unpaired) electrons. The molecule has 0 spiro atoms. The van der Waals surface area contributed by atoms with E-state index in [9.17, 15) is 23.1 Å². The first-order valence-electron chi connectivity index (χ1n) is 6.72. The number of nitrogens with zero attached hydrogens (tertiary/aromatic N) is 1. The number of carboxylic acid groups (broad SMARTS) is 1. The van der Waals surface area contributed by atoms with Gasteiger partial charge in [-0.15, -0.1) is 0 Å². The average molecular weight is 309 g/mol. The maximum absolute atomic E-state index is 12.5. The third kappa shape index (κ3) is 2.42. The van der Waals surface area contributed by atoms with E-state index in [4.69, 9.17) is 0 Å². The number of rotatable bonds is 2. The number of anilines is 1. The molecule has 2 aliphatic heterocycles. The van der Waals surface area contributed by atoms with Crippen molar-refractivity contribution in [2.45, 2.75) is 12.3 Å². The molecule has 3 rings (SSSR count). The molecule has 1 fully saturated rings. The molecule has 0 bridgehead atoms. The summed E-state index contributed by atoms with van der Waals surface area (Å²) in [6.45, 7) is 0.0735. The van der Waals surface area contributed by atoms with Crippen molar-refractivity contribution in [1.82, 2.24) is 0 Å². The van der Waals surface area contributed by atoms with E-state index >= 15 is 0 Å². The smallest absolute Gasteiger partial charge is 0.312 e. The Morgan fingerprint density at radius 1 is 1.24 bits per heavy atom. The Morgan fingerprint density at radius 2 is 1.95 bits per heavy atom. The minimum Gasteiger partial charge on any atom is -0.481 e. The second kappa shape index (κ2) is 4.84. The van der Waals surface area contributed by atoms with E-state index in [2.05, 4.69) is 0 Å². The zero-order chi connectivity index (χ0) is 15.2. The number of carboxylic acids is 1. The molecule has 6 nitrogen and oxygen atoms in total. The average Bonchev–Trinajstić information content (AvgIpc) is 2.98. The SMILES string of the molecule is O=C(O)C1CN(C(=O)C2CCS(=O)(=O)C2)c2ccccc21. The Labute approximate surface area is 122 Å². The lowest BCUT2D eigenvalue weighted by molar-refractivity contribution is -0.138. The van der Waals surface area contributed by atoms with Gasteiger partial charge in [0.05, 0.1) is 17.4 Å². The third-order valence-electron chi connectivity index (χ3n) is 4.11. The van der Waals surface area contributed by atoms with Crippen molar-refractivity contribution in [2.75, 3.05) is 23.0 Å². The zero-order valence-corrected chi connectivity index (χ0v) is 12.0. The van der Waals surface area contributed by atoms with Crippen LogP contribution in [0.1, 0.15) is 17.9 Å². The number of amides is 1. The molecule has 1 saturated heterocycles. The molecule has 21 heavy (non-hydrogen) atoms. The Balaban J connectivity index is 1.90. The van der Waals surface area contributed by atoms with Crippen molar-refractivity contribution in [1.29, 1.82) is 0 Å². The van der Waals surface area contributed by atoms with Gasteiger partial charge in [-0.2, -0.15) is 0 Å². The van der Waals surface area contributed by atoms with Crippen LogP contribution >= 0.6 is 0 Å². The van der Waals surface area contributed by atoms with Crippen molar-refractivity contribution >= 4 is 27.4 Å². The Hall–Kier alpha value is -1.89. The molecule has 2 aliphatic rings. The first-order valence-corrected chi connectivity index (χ1v) is 8.55. The first-order chi connectivity index (χ1) is 9.89. The normalized spacial score (nSPS) is 26.6. The number of aliphatic carboxylic acids is 1. The van der Waals surface area contributed by atoms with Crippen molar-refractivity contribution in [3.63, 3.8) is 0 Å². The van der Waals surface area contributed by atoms with Gasteiger partial charge in [-0.1, -0.05) is 18.2 Å². The van der Waals surface area contributed by atoms with E-state index in [1.807, 2.05) is 0 Å². The highest BCUT2D eigenvalue weighted by molar-refractivity contribution is 7.91. The van der Waals surface area contributed by atoms with Crippen LogP contribution in [0.15, 0.2) is 24.3 Å². The molecule has 1 aromatic carbocycles.